The molecule has 0 spiro atoms. The molecule has 0 radical (unpaired) electrons. The van der Waals surface area contributed by atoms with E-state index in [0.717, 1.165) is 5.57 Å². The molecule has 0 fully saturated rings. The van der Waals surface area contributed by atoms with Crippen LogP contribution in [0.1, 0.15) is 20.8 Å². The molecule has 68 valence electrons. The van der Waals surface area contributed by atoms with Gasteiger partial charge in [0.1, 0.15) is 0 Å². The SMILES string of the molecule is C#CC1=CC=C(C)[C@@H](C)[C@]1(C)C=C. The normalized spacial score (nSPS) is 32.9. The highest BCUT2D eigenvalue weighted by Gasteiger charge is 2.33. The lowest BCUT2D eigenvalue weighted by Crippen LogP contribution is -2.27. The second-order valence-electron chi connectivity index (χ2n) is 3.84. The van der Waals surface area contributed by atoms with Gasteiger partial charge in [0.05, 0.1) is 0 Å². The minimum atomic E-state index is -0.0619. The van der Waals surface area contributed by atoms with E-state index >= 15 is 0 Å². The van der Waals surface area contributed by atoms with E-state index in [0.29, 0.717) is 5.92 Å². The number of terminal acetylenes is 1. The maximum Gasteiger partial charge on any atom is 0.0243 e. The van der Waals surface area contributed by atoms with Gasteiger partial charge in [0.2, 0.25) is 0 Å². The van der Waals surface area contributed by atoms with Gasteiger partial charge in [-0.3, -0.25) is 0 Å². The van der Waals surface area contributed by atoms with Gasteiger partial charge in [0.15, 0.2) is 0 Å². The van der Waals surface area contributed by atoms with E-state index in [9.17, 15) is 0 Å². The zero-order valence-electron chi connectivity index (χ0n) is 8.59. The van der Waals surface area contributed by atoms with Crippen LogP contribution in [0.4, 0.5) is 0 Å². The summed E-state index contributed by atoms with van der Waals surface area (Å²) >= 11 is 0. The quantitative estimate of drug-likeness (QED) is 0.420. The Kier molecular flexibility index (Phi) is 2.48. The van der Waals surface area contributed by atoms with E-state index in [1.54, 1.807) is 0 Å². The van der Waals surface area contributed by atoms with Crippen LogP contribution in [0.3, 0.4) is 0 Å². The van der Waals surface area contributed by atoms with E-state index in [1.807, 2.05) is 12.2 Å². The molecule has 1 aliphatic rings. The van der Waals surface area contributed by atoms with Crippen molar-refractivity contribution in [2.24, 2.45) is 11.3 Å². The maximum absolute atomic E-state index is 5.47. The summed E-state index contributed by atoms with van der Waals surface area (Å²) in [5.74, 6) is 3.19. The molecule has 0 N–H and O–H groups in total. The molecule has 2 atom stereocenters. The molecule has 0 aromatic carbocycles. The van der Waals surface area contributed by atoms with Crippen molar-refractivity contribution in [2.45, 2.75) is 20.8 Å². The number of hydrogen-bond donors (Lipinski definition) is 0. The zero-order chi connectivity index (χ0) is 10.1. The molecule has 0 aliphatic heterocycles. The summed E-state index contributed by atoms with van der Waals surface area (Å²) in [5, 5.41) is 0. The van der Waals surface area contributed by atoms with Gasteiger partial charge in [-0.05, 0) is 18.9 Å². The molecule has 0 aromatic rings. The average Bonchev–Trinajstić information content (AvgIpc) is 2.15. The highest BCUT2D eigenvalue weighted by atomic mass is 14.4. The van der Waals surface area contributed by atoms with Gasteiger partial charge in [-0.2, -0.15) is 0 Å². The fraction of sp³-hybridized carbons (Fsp3) is 0.385. The molecule has 0 amide bonds. The van der Waals surface area contributed by atoms with Crippen LogP contribution < -0.4 is 0 Å². The lowest BCUT2D eigenvalue weighted by atomic mass is 9.67. The molecule has 0 heterocycles. The first kappa shape index (κ1) is 9.86. The van der Waals surface area contributed by atoms with Crippen LogP contribution in [0.2, 0.25) is 0 Å². The van der Waals surface area contributed by atoms with Crippen molar-refractivity contribution in [3.8, 4) is 12.3 Å². The van der Waals surface area contributed by atoms with Crippen molar-refractivity contribution in [3.05, 3.63) is 36.0 Å². The summed E-state index contributed by atoms with van der Waals surface area (Å²) in [4.78, 5) is 0. The highest BCUT2D eigenvalue weighted by Crippen LogP contribution is 2.42. The van der Waals surface area contributed by atoms with Crippen LogP contribution >= 0.6 is 0 Å². The van der Waals surface area contributed by atoms with Gasteiger partial charge in [-0.15, -0.1) is 13.0 Å². The maximum atomic E-state index is 5.47. The smallest absolute Gasteiger partial charge is 0.0243 e. The second kappa shape index (κ2) is 3.26. The van der Waals surface area contributed by atoms with Crippen LogP contribution in [0.5, 0.6) is 0 Å². The van der Waals surface area contributed by atoms with Crippen molar-refractivity contribution in [3.63, 3.8) is 0 Å². The van der Waals surface area contributed by atoms with E-state index in [1.165, 1.54) is 5.57 Å². The zero-order valence-corrected chi connectivity index (χ0v) is 8.59. The topological polar surface area (TPSA) is 0 Å². The first-order valence-corrected chi connectivity index (χ1v) is 4.55. The standard InChI is InChI=1S/C13H16/c1-6-12-9-8-10(3)11(4)13(12,5)7-2/h1,7-9,11H,2H2,3-5H3/t11-,13+/m1/s1. The first-order valence-electron chi connectivity index (χ1n) is 4.55. The van der Waals surface area contributed by atoms with E-state index in [4.69, 9.17) is 6.42 Å². The number of allylic oxidation sites excluding steroid dienone is 5. The van der Waals surface area contributed by atoms with Crippen LogP contribution in [0.15, 0.2) is 36.0 Å². The van der Waals surface area contributed by atoms with Gasteiger partial charge in [0.25, 0.3) is 0 Å². The molecule has 0 nitrogen and oxygen atoms in total. The molecule has 0 saturated carbocycles. The van der Waals surface area contributed by atoms with E-state index < -0.39 is 0 Å². The minimum Gasteiger partial charge on any atom is -0.115 e. The van der Waals surface area contributed by atoms with Crippen LogP contribution in [0, 0.1) is 23.7 Å². The Balaban J connectivity index is 3.24. The van der Waals surface area contributed by atoms with Crippen molar-refractivity contribution in [1.82, 2.24) is 0 Å². The Morgan fingerprint density at radius 1 is 1.62 bits per heavy atom. The van der Waals surface area contributed by atoms with Gasteiger partial charge >= 0.3 is 0 Å². The molecule has 1 rings (SSSR count). The van der Waals surface area contributed by atoms with Crippen LogP contribution in [-0.4, -0.2) is 0 Å². The third kappa shape index (κ3) is 1.35. The third-order valence-electron chi connectivity index (χ3n) is 3.26. The molecule has 0 unspecified atom stereocenters. The predicted molar refractivity (Wildman–Crippen MR) is 58.1 cm³/mol. The van der Waals surface area contributed by atoms with Crippen LogP contribution in [-0.2, 0) is 0 Å². The Hall–Kier alpha value is -1.22. The molecule has 0 aromatic heterocycles. The molecule has 0 heteroatoms. The minimum absolute atomic E-state index is 0.0619. The fourth-order valence-electron chi connectivity index (χ4n) is 1.74. The summed E-state index contributed by atoms with van der Waals surface area (Å²) in [6.07, 6.45) is 11.6. The molecule has 0 saturated heterocycles. The van der Waals surface area contributed by atoms with Gasteiger partial charge in [-0.1, -0.05) is 37.5 Å². The van der Waals surface area contributed by atoms with Crippen molar-refractivity contribution >= 4 is 0 Å². The van der Waals surface area contributed by atoms with E-state index in [-0.39, 0.29) is 5.41 Å². The van der Waals surface area contributed by atoms with E-state index in [2.05, 4.69) is 39.3 Å². The lowest BCUT2D eigenvalue weighted by Gasteiger charge is -2.36. The predicted octanol–water partition coefficient (Wildman–Crippen LogP) is 3.33. The van der Waals surface area contributed by atoms with Crippen molar-refractivity contribution < 1.29 is 0 Å². The number of rotatable bonds is 1. The summed E-state index contributed by atoms with van der Waals surface area (Å²) in [6.45, 7) is 10.3. The monoisotopic (exact) mass is 172 g/mol. The summed E-state index contributed by atoms with van der Waals surface area (Å²) < 4.78 is 0. The largest absolute Gasteiger partial charge is 0.115 e. The van der Waals surface area contributed by atoms with Gasteiger partial charge < -0.3 is 0 Å². The summed E-state index contributed by atoms with van der Waals surface area (Å²) in [6, 6.07) is 0. The summed E-state index contributed by atoms with van der Waals surface area (Å²) in [5.41, 5.74) is 2.33. The average molecular weight is 172 g/mol. The van der Waals surface area contributed by atoms with Gasteiger partial charge in [0, 0.05) is 11.0 Å². The molecule has 1 aliphatic carbocycles. The lowest BCUT2D eigenvalue weighted by molar-refractivity contribution is 0.384. The number of hydrogen-bond acceptors (Lipinski definition) is 0. The Morgan fingerprint density at radius 2 is 2.23 bits per heavy atom. The Morgan fingerprint density at radius 3 is 2.69 bits per heavy atom. The fourth-order valence-corrected chi connectivity index (χ4v) is 1.74. The van der Waals surface area contributed by atoms with Gasteiger partial charge in [-0.25, -0.2) is 0 Å². The van der Waals surface area contributed by atoms with Crippen molar-refractivity contribution in [2.75, 3.05) is 0 Å². The second-order valence-corrected chi connectivity index (χ2v) is 3.84. The Bertz CT molecular complexity index is 322. The molecular weight excluding hydrogens is 156 g/mol. The van der Waals surface area contributed by atoms with Crippen molar-refractivity contribution in [1.29, 1.82) is 0 Å². The third-order valence-corrected chi connectivity index (χ3v) is 3.26. The molecular formula is C13H16. The molecule has 13 heavy (non-hydrogen) atoms. The summed E-state index contributed by atoms with van der Waals surface area (Å²) in [7, 11) is 0. The first-order chi connectivity index (χ1) is 6.06. The van der Waals surface area contributed by atoms with Crippen LogP contribution in [0.25, 0.3) is 0 Å². The molecule has 0 bridgehead atoms. The Labute approximate surface area is 81.0 Å². The highest BCUT2D eigenvalue weighted by molar-refractivity contribution is 5.44.